The van der Waals surface area contributed by atoms with Gasteiger partial charge < -0.3 is 4.74 Å². The Hall–Kier alpha value is -1.65. The standard InChI is InChI=1S/C12H8Cl2N2O2/c1-18-8-5-3-2-4-7(8)11(17)10-12(14)16-9(13)6-15-10/h2-6H,1H3. The van der Waals surface area contributed by atoms with Gasteiger partial charge in [0, 0.05) is 0 Å². The summed E-state index contributed by atoms with van der Waals surface area (Å²) in [5.74, 6) is 0.0944. The van der Waals surface area contributed by atoms with E-state index in [9.17, 15) is 4.79 Å². The van der Waals surface area contributed by atoms with Crippen LogP contribution in [0.3, 0.4) is 0 Å². The van der Waals surface area contributed by atoms with E-state index in [1.165, 1.54) is 13.3 Å². The summed E-state index contributed by atoms with van der Waals surface area (Å²) in [5, 5.41) is 0.106. The number of nitrogens with zero attached hydrogens (tertiary/aromatic N) is 2. The summed E-state index contributed by atoms with van der Waals surface area (Å²) in [7, 11) is 1.49. The van der Waals surface area contributed by atoms with Crippen molar-refractivity contribution in [3.63, 3.8) is 0 Å². The lowest BCUT2D eigenvalue weighted by Crippen LogP contribution is -2.07. The highest BCUT2D eigenvalue weighted by Gasteiger charge is 2.19. The van der Waals surface area contributed by atoms with Crippen molar-refractivity contribution in [2.75, 3.05) is 7.11 Å². The zero-order chi connectivity index (χ0) is 13.1. The van der Waals surface area contributed by atoms with Crippen molar-refractivity contribution >= 4 is 29.0 Å². The van der Waals surface area contributed by atoms with Crippen LogP contribution in [0.2, 0.25) is 10.3 Å². The first-order chi connectivity index (χ1) is 8.63. The number of rotatable bonds is 3. The Kier molecular flexibility index (Phi) is 3.79. The Morgan fingerprint density at radius 2 is 2.00 bits per heavy atom. The minimum atomic E-state index is -0.360. The lowest BCUT2D eigenvalue weighted by Gasteiger charge is -2.07. The molecule has 1 aromatic heterocycles. The molecule has 0 radical (unpaired) electrons. The number of ether oxygens (including phenoxy) is 1. The van der Waals surface area contributed by atoms with Crippen LogP contribution < -0.4 is 4.74 Å². The van der Waals surface area contributed by atoms with Gasteiger partial charge in [0.15, 0.2) is 5.15 Å². The summed E-state index contributed by atoms with van der Waals surface area (Å²) in [6.45, 7) is 0. The molecular formula is C12H8Cl2N2O2. The Morgan fingerprint density at radius 3 is 2.67 bits per heavy atom. The van der Waals surface area contributed by atoms with Gasteiger partial charge in [-0.15, -0.1) is 0 Å². The number of benzene rings is 1. The zero-order valence-electron chi connectivity index (χ0n) is 9.35. The zero-order valence-corrected chi connectivity index (χ0v) is 10.9. The quantitative estimate of drug-likeness (QED) is 0.812. The molecule has 0 aliphatic heterocycles. The molecule has 0 atom stereocenters. The van der Waals surface area contributed by atoms with Crippen LogP contribution in [0.25, 0.3) is 0 Å². The molecule has 0 saturated carbocycles. The molecule has 0 saturated heterocycles. The van der Waals surface area contributed by atoms with E-state index >= 15 is 0 Å². The lowest BCUT2D eigenvalue weighted by atomic mass is 10.1. The lowest BCUT2D eigenvalue weighted by molar-refractivity contribution is 0.103. The predicted octanol–water partition coefficient (Wildman–Crippen LogP) is 3.02. The molecular weight excluding hydrogens is 275 g/mol. The van der Waals surface area contributed by atoms with E-state index in [4.69, 9.17) is 27.9 Å². The first kappa shape index (κ1) is 12.8. The van der Waals surface area contributed by atoms with Crippen LogP contribution >= 0.6 is 23.2 Å². The summed E-state index contributed by atoms with van der Waals surface area (Å²) in [6.07, 6.45) is 1.27. The predicted molar refractivity (Wildman–Crippen MR) is 68.5 cm³/mol. The highest BCUT2D eigenvalue weighted by molar-refractivity contribution is 6.35. The van der Waals surface area contributed by atoms with Crippen LogP contribution in [0.5, 0.6) is 5.75 Å². The molecule has 2 rings (SSSR count). The Balaban J connectivity index is 2.48. The molecule has 4 nitrogen and oxygen atoms in total. The van der Waals surface area contributed by atoms with Gasteiger partial charge in [-0.1, -0.05) is 35.3 Å². The van der Waals surface area contributed by atoms with E-state index in [2.05, 4.69) is 9.97 Å². The molecule has 0 N–H and O–H groups in total. The van der Waals surface area contributed by atoms with Crippen LogP contribution in [0, 0.1) is 0 Å². The fourth-order valence-electron chi connectivity index (χ4n) is 1.46. The van der Waals surface area contributed by atoms with Gasteiger partial charge in [0.05, 0.1) is 18.9 Å². The third-order valence-electron chi connectivity index (χ3n) is 2.27. The van der Waals surface area contributed by atoms with Gasteiger partial charge in [0.2, 0.25) is 5.78 Å². The minimum absolute atomic E-state index is 0.0293. The summed E-state index contributed by atoms with van der Waals surface area (Å²) in [4.78, 5) is 19.9. The number of para-hydroxylation sites is 1. The number of hydrogen-bond donors (Lipinski definition) is 0. The molecule has 1 aromatic carbocycles. The molecule has 0 bridgehead atoms. The topological polar surface area (TPSA) is 52.1 Å². The van der Waals surface area contributed by atoms with Crippen molar-refractivity contribution < 1.29 is 9.53 Å². The van der Waals surface area contributed by atoms with Crippen molar-refractivity contribution in [2.45, 2.75) is 0 Å². The number of ketones is 1. The number of methoxy groups -OCH3 is 1. The molecule has 2 aromatic rings. The maximum atomic E-state index is 12.2. The van der Waals surface area contributed by atoms with E-state index in [-0.39, 0.29) is 21.8 Å². The fourth-order valence-corrected chi connectivity index (χ4v) is 1.86. The molecule has 0 spiro atoms. The normalized spacial score (nSPS) is 10.2. The molecule has 18 heavy (non-hydrogen) atoms. The van der Waals surface area contributed by atoms with E-state index in [1.807, 2.05) is 0 Å². The summed E-state index contributed by atoms with van der Waals surface area (Å²) in [6, 6.07) is 6.82. The molecule has 0 aliphatic carbocycles. The monoisotopic (exact) mass is 282 g/mol. The van der Waals surface area contributed by atoms with Crippen molar-refractivity contribution in [3.8, 4) is 5.75 Å². The second-order valence-corrected chi connectivity index (χ2v) is 4.11. The van der Waals surface area contributed by atoms with Gasteiger partial charge in [0.1, 0.15) is 16.6 Å². The van der Waals surface area contributed by atoms with Gasteiger partial charge >= 0.3 is 0 Å². The third kappa shape index (κ3) is 2.44. The van der Waals surface area contributed by atoms with E-state index in [1.54, 1.807) is 24.3 Å². The highest BCUT2D eigenvalue weighted by atomic mass is 35.5. The van der Waals surface area contributed by atoms with E-state index in [0.29, 0.717) is 11.3 Å². The molecule has 0 fully saturated rings. The van der Waals surface area contributed by atoms with Crippen LogP contribution in [0.1, 0.15) is 16.1 Å². The molecule has 92 valence electrons. The number of aromatic nitrogens is 2. The van der Waals surface area contributed by atoms with Crippen molar-refractivity contribution in [3.05, 3.63) is 52.0 Å². The number of halogens is 2. The second kappa shape index (κ2) is 5.33. The Labute approximate surface area is 114 Å². The largest absolute Gasteiger partial charge is 0.496 e. The molecule has 0 amide bonds. The number of carbonyl (C=O) groups is 1. The Morgan fingerprint density at radius 1 is 1.28 bits per heavy atom. The van der Waals surface area contributed by atoms with Gasteiger partial charge in [-0.2, -0.15) is 0 Å². The average molecular weight is 283 g/mol. The van der Waals surface area contributed by atoms with Gasteiger partial charge in [0.25, 0.3) is 0 Å². The fraction of sp³-hybridized carbons (Fsp3) is 0.0833. The number of hydrogen-bond acceptors (Lipinski definition) is 4. The molecule has 0 aliphatic rings. The maximum absolute atomic E-state index is 12.2. The molecule has 6 heteroatoms. The average Bonchev–Trinajstić information content (AvgIpc) is 2.38. The van der Waals surface area contributed by atoms with E-state index < -0.39 is 0 Å². The van der Waals surface area contributed by atoms with E-state index in [0.717, 1.165) is 0 Å². The second-order valence-electron chi connectivity index (χ2n) is 3.36. The maximum Gasteiger partial charge on any atom is 0.218 e. The molecule has 1 heterocycles. The Bertz CT molecular complexity index is 602. The van der Waals surface area contributed by atoms with Crippen LogP contribution in [0.4, 0.5) is 0 Å². The first-order valence-electron chi connectivity index (χ1n) is 4.99. The summed E-state index contributed by atoms with van der Waals surface area (Å²) >= 11 is 11.5. The number of carbonyl (C=O) groups excluding carboxylic acids is 1. The molecule has 0 unspecified atom stereocenters. The summed E-state index contributed by atoms with van der Waals surface area (Å²) < 4.78 is 5.11. The van der Waals surface area contributed by atoms with Crippen molar-refractivity contribution in [1.82, 2.24) is 9.97 Å². The minimum Gasteiger partial charge on any atom is -0.496 e. The van der Waals surface area contributed by atoms with Crippen molar-refractivity contribution in [1.29, 1.82) is 0 Å². The highest BCUT2D eigenvalue weighted by Crippen LogP contribution is 2.23. The first-order valence-corrected chi connectivity index (χ1v) is 5.75. The van der Waals surface area contributed by atoms with Crippen LogP contribution in [0.15, 0.2) is 30.5 Å². The third-order valence-corrected chi connectivity index (χ3v) is 2.71. The van der Waals surface area contributed by atoms with Gasteiger partial charge in [-0.3, -0.25) is 4.79 Å². The van der Waals surface area contributed by atoms with Gasteiger partial charge in [-0.25, -0.2) is 9.97 Å². The van der Waals surface area contributed by atoms with Crippen LogP contribution in [-0.4, -0.2) is 22.9 Å². The summed E-state index contributed by atoms with van der Waals surface area (Å²) in [5.41, 5.74) is 0.420. The smallest absolute Gasteiger partial charge is 0.218 e. The van der Waals surface area contributed by atoms with Crippen molar-refractivity contribution in [2.24, 2.45) is 0 Å². The van der Waals surface area contributed by atoms with Gasteiger partial charge in [-0.05, 0) is 12.1 Å². The SMILES string of the molecule is COc1ccccc1C(=O)c1ncc(Cl)nc1Cl. The van der Waals surface area contributed by atoms with Crippen LogP contribution in [-0.2, 0) is 0 Å².